The van der Waals surface area contributed by atoms with E-state index in [2.05, 4.69) is 23.9 Å². The Hall–Kier alpha value is -0.410. The van der Waals surface area contributed by atoms with Gasteiger partial charge >= 0.3 is 0 Å². The monoisotopic (exact) mass is 266 g/mol. The van der Waals surface area contributed by atoms with Crippen LogP contribution in [0.15, 0.2) is 0 Å². The molecule has 2 rings (SSSR count). The highest BCUT2D eigenvalue weighted by Crippen LogP contribution is 2.34. The lowest BCUT2D eigenvalue weighted by molar-refractivity contribution is -0.118. The summed E-state index contributed by atoms with van der Waals surface area (Å²) in [5.74, 6) is 0. The number of rotatable bonds is 4. The van der Waals surface area contributed by atoms with E-state index in [1.807, 2.05) is 0 Å². The van der Waals surface area contributed by atoms with Gasteiger partial charge in [0.1, 0.15) is 6.29 Å². The average Bonchev–Trinajstić information content (AvgIpc) is 2.65. The highest BCUT2D eigenvalue weighted by molar-refractivity contribution is 5.59. The first-order valence-electron chi connectivity index (χ1n) is 8.00. The van der Waals surface area contributed by atoms with E-state index in [9.17, 15) is 4.79 Å². The Morgan fingerprint density at radius 1 is 1.16 bits per heavy atom. The third kappa shape index (κ3) is 4.03. The molecule has 0 bridgehead atoms. The Morgan fingerprint density at radius 2 is 1.84 bits per heavy atom. The summed E-state index contributed by atoms with van der Waals surface area (Å²) in [4.78, 5) is 16.6. The second-order valence-electron chi connectivity index (χ2n) is 6.89. The maximum absolute atomic E-state index is 11.7. The zero-order chi connectivity index (χ0) is 13.7. The van der Waals surface area contributed by atoms with Crippen LogP contribution in [0, 0.1) is 5.41 Å². The van der Waals surface area contributed by atoms with Crippen molar-refractivity contribution in [1.29, 1.82) is 0 Å². The van der Waals surface area contributed by atoms with E-state index < -0.39 is 0 Å². The second-order valence-corrected chi connectivity index (χ2v) is 6.89. The van der Waals surface area contributed by atoms with Gasteiger partial charge in [-0.05, 0) is 46.3 Å². The van der Waals surface area contributed by atoms with E-state index in [1.54, 1.807) is 0 Å². The quantitative estimate of drug-likeness (QED) is 0.577. The van der Waals surface area contributed by atoms with Gasteiger partial charge in [0.15, 0.2) is 0 Å². The molecule has 1 unspecified atom stereocenters. The van der Waals surface area contributed by atoms with Crippen LogP contribution in [0.4, 0.5) is 0 Å². The van der Waals surface area contributed by atoms with Crippen molar-refractivity contribution in [3.05, 3.63) is 0 Å². The highest BCUT2D eigenvalue weighted by atomic mass is 16.1. The molecule has 1 aliphatic carbocycles. The molecule has 1 saturated carbocycles. The third-order valence-corrected chi connectivity index (χ3v) is 5.10. The van der Waals surface area contributed by atoms with Gasteiger partial charge in [-0.25, -0.2) is 0 Å². The average molecular weight is 266 g/mol. The van der Waals surface area contributed by atoms with Gasteiger partial charge in [0, 0.05) is 24.5 Å². The summed E-state index contributed by atoms with van der Waals surface area (Å²) >= 11 is 0. The normalized spacial score (nSPS) is 29.1. The van der Waals surface area contributed by atoms with E-state index >= 15 is 0 Å². The lowest BCUT2D eigenvalue weighted by atomic mass is 9.81. The molecular formula is C16H30N2O. The second kappa shape index (κ2) is 6.85. The largest absolute Gasteiger partial charge is 0.305 e. The molecular weight excluding hydrogens is 236 g/mol. The zero-order valence-electron chi connectivity index (χ0n) is 12.7. The number of aldehydes is 1. The molecule has 3 nitrogen and oxygen atoms in total. The highest BCUT2D eigenvalue weighted by Gasteiger charge is 2.34. The Balaban J connectivity index is 1.95. The molecule has 0 N–H and O–H groups in total. The van der Waals surface area contributed by atoms with Crippen LogP contribution >= 0.6 is 0 Å². The van der Waals surface area contributed by atoms with Crippen LogP contribution < -0.4 is 0 Å². The molecule has 0 aromatic carbocycles. The lowest BCUT2D eigenvalue weighted by Crippen LogP contribution is -2.49. The number of piperidine rings is 1. The SMILES string of the molecule is CN(C)C1CCCN(CC2(C=O)CCCCCC2)C1. The van der Waals surface area contributed by atoms with Gasteiger partial charge in [-0.3, -0.25) is 0 Å². The number of hydrogen-bond acceptors (Lipinski definition) is 3. The van der Waals surface area contributed by atoms with Crippen molar-refractivity contribution in [2.75, 3.05) is 33.7 Å². The van der Waals surface area contributed by atoms with Gasteiger partial charge in [-0.15, -0.1) is 0 Å². The summed E-state index contributed by atoms with van der Waals surface area (Å²) in [6.07, 6.45) is 11.2. The number of likely N-dealkylation sites (tertiary alicyclic amines) is 1. The number of carbonyl (C=O) groups is 1. The molecule has 0 amide bonds. The van der Waals surface area contributed by atoms with Gasteiger partial charge < -0.3 is 14.6 Å². The zero-order valence-corrected chi connectivity index (χ0v) is 12.7. The first-order valence-corrected chi connectivity index (χ1v) is 8.00. The molecule has 1 aliphatic heterocycles. The molecule has 0 spiro atoms. The van der Waals surface area contributed by atoms with E-state index in [0.29, 0.717) is 6.04 Å². The maximum Gasteiger partial charge on any atom is 0.127 e. The number of nitrogens with zero attached hydrogens (tertiary/aromatic N) is 2. The van der Waals surface area contributed by atoms with Crippen molar-refractivity contribution in [3.8, 4) is 0 Å². The number of likely N-dealkylation sites (N-methyl/N-ethyl adjacent to an activating group) is 1. The molecule has 1 heterocycles. The summed E-state index contributed by atoms with van der Waals surface area (Å²) in [7, 11) is 4.35. The summed E-state index contributed by atoms with van der Waals surface area (Å²) in [6, 6.07) is 0.670. The predicted molar refractivity (Wildman–Crippen MR) is 79.3 cm³/mol. The molecule has 2 aliphatic rings. The topological polar surface area (TPSA) is 23.6 Å². The molecule has 1 atom stereocenters. The minimum Gasteiger partial charge on any atom is -0.305 e. The summed E-state index contributed by atoms with van der Waals surface area (Å²) in [5.41, 5.74) is -0.0370. The molecule has 19 heavy (non-hydrogen) atoms. The Bertz CT molecular complexity index is 282. The van der Waals surface area contributed by atoms with Crippen molar-refractivity contribution in [3.63, 3.8) is 0 Å². The fourth-order valence-electron chi connectivity index (χ4n) is 3.79. The first-order chi connectivity index (χ1) is 9.15. The van der Waals surface area contributed by atoms with Crippen molar-refractivity contribution in [2.45, 2.75) is 57.4 Å². The molecule has 2 fully saturated rings. The lowest BCUT2D eigenvalue weighted by Gasteiger charge is -2.40. The Kier molecular flexibility index (Phi) is 5.40. The Labute approximate surface area is 118 Å². The molecule has 0 radical (unpaired) electrons. The predicted octanol–water partition coefficient (Wildman–Crippen LogP) is 2.55. The van der Waals surface area contributed by atoms with E-state index in [-0.39, 0.29) is 5.41 Å². The van der Waals surface area contributed by atoms with Gasteiger partial charge in [0.25, 0.3) is 0 Å². The van der Waals surface area contributed by atoms with Crippen molar-refractivity contribution < 1.29 is 4.79 Å². The minimum absolute atomic E-state index is 0.0370. The fourth-order valence-corrected chi connectivity index (χ4v) is 3.79. The minimum atomic E-state index is -0.0370. The van der Waals surface area contributed by atoms with Gasteiger partial charge in [0.05, 0.1) is 0 Å². The summed E-state index contributed by atoms with van der Waals surface area (Å²) in [5, 5.41) is 0. The summed E-state index contributed by atoms with van der Waals surface area (Å²) < 4.78 is 0. The van der Waals surface area contributed by atoms with Gasteiger partial charge in [0.2, 0.25) is 0 Å². The standard InChI is InChI=1S/C16H30N2O/c1-17(2)15-8-7-11-18(12-15)13-16(14-19)9-5-3-4-6-10-16/h14-15H,3-13H2,1-2H3. The maximum atomic E-state index is 11.7. The Morgan fingerprint density at radius 3 is 2.42 bits per heavy atom. The smallest absolute Gasteiger partial charge is 0.127 e. The van der Waals surface area contributed by atoms with Crippen LogP contribution in [0.25, 0.3) is 0 Å². The van der Waals surface area contributed by atoms with Crippen LogP contribution in [0.3, 0.4) is 0 Å². The van der Waals surface area contributed by atoms with Crippen LogP contribution in [-0.2, 0) is 4.79 Å². The van der Waals surface area contributed by atoms with Crippen molar-refractivity contribution in [1.82, 2.24) is 9.80 Å². The molecule has 3 heteroatoms. The molecule has 110 valence electrons. The molecule has 0 aromatic heterocycles. The van der Waals surface area contributed by atoms with E-state index in [0.717, 1.165) is 25.9 Å². The van der Waals surface area contributed by atoms with Crippen LogP contribution in [0.5, 0.6) is 0 Å². The van der Waals surface area contributed by atoms with Crippen LogP contribution in [-0.4, -0.2) is 55.9 Å². The summed E-state index contributed by atoms with van der Waals surface area (Å²) in [6.45, 7) is 3.32. The molecule has 1 saturated heterocycles. The van der Waals surface area contributed by atoms with Crippen molar-refractivity contribution >= 4 is 6.29 Å². The number of hydrogen-bond donors (Lipinski definition) is 0. The number of carbonyl (C=O) groups excluding carboxylic acids is 1. The van der Waals surface area contributed by atoms with Gasteiger partial charge in [-0.1, -0.05) is 25.7 Å². The molecule has 0 aromatic rings. The van der Waals surface area contributed by atoms with E-state index in [1.165, 1.54) is 51.4 Å². The first kappa shape index (κ1) is 15.0. The van der Waals surface area contributed by atoms with E-state index in [4.69, 9.17) is 0 Å². The van der Waals surface area contributed by atoms with Crippen LogP contribution in [0.2, 0.25) is 0 Å². The third-order valence-electron chi connectivity index (χ3n) is 5.10. The van der Waals surface area contributed by atoms with Crippen molar-refractivity contribution in [2.24, 2.45) is 5.41 Å². The van der Waals surface area contributed by atoms with Gasteiger partial charge in [-0.2, -0.15) is 0 Å². The van der Waals surface area contributed by atoms with Crippen LogP contribution in [0.1, 0.15) is 51.4 Å². The fraction of sp³-hybridized carbons (Fsp3) is 0.938.